The van der Waals surface area contributed by atoms with Crippen molar-refractivity contribution in [3.8, 4) is 5.75 Å². The second-order valence-corrected chi connectivity index (χ2v) is 8.47. The van der Waals surface area contributed by atoms with Gasteiger partial charge in [-0.3, -0.25) is 9.59 Å². The van der Waals surface area contributed by atoms with Crippen molar-refractivity contribution >= 4 is 11.8 Å². The van der Waals surface area contributed by atoms with Crippen LogP contribution in [0.15, 0.2) is 48.5 Å². The molecule has 0 aromatic heterocycles. The van der Waals surface area contributed by atoms with E-state index in [4.69, 9.17) is 4.74 Å². The zero-order valence-corrected chi connectivity index (χ0v) is 18.3. The van der Waals surface area contributed by atoms with E-state index in [1.165, 1.54) is 0 Å². The first-order valence-electron chi connectivity index (χ1n) is 9.92. The van der Waals surface area contributed by atoms with Crippen molar-refractivity contribution < 1.29 is 14.3 Å². The van der Waals surface area contributed by atoms with E-state index in [0.29, 0.717) is 12.3 Å². The number of nitrogens with one attached hydrogen (secondary N) is 1. The highest BCUT2D eigenvalue weighted by molar-refractivity contribution is 5.88. The Labute approximate surface area is 174 Å². The summed E-state index contributed by atoms with van der Waals surface area (Å²) in [5.74, 6) is 0.224. The smallest absolute Gasteiger partial charge is 0.261 e. The van der Waals surface area contributed by atoms with Crippen LogP contribution in [-0.2, 0) is 16.1 Å². The number of hydrogen-bond donors (Lipinski definition) is 1. The van der Waals surface area contributed by atoms with Gasteiger partial charge in [0.2, 0.25) is 5.91 Å². The molecule has 29 heavy (non-hydrogen) atoms. The number of ether oxygens (including phenoxy) is 1. The summed E-state index contributed by atoms with van der Waals surface area (Å²) in [7, 11) is 0. The minimum absolute atomic E-state index is 0.123. The Morgan fingerprint density at radius 3 is 2.38 bits per heavy atom. The molecular formula is C24H32N2O3. The summed E-state index contributed by atoms with van der Waals surface area (Å²) >= 11 is 0. The molecule has 0 unspecified atom stereocenters. The van der Waals surface area contributed by atoms with E-state index in [-0.39, 0.29) is 24.0 Å². The summed E-state index contributed by atoms with van der Waals surface area (Å²) in [5, 5.41) is 2.96. The maximum absolute atomic E-state index is 13.0. The molecule has 0 radical (unpaired) electrons. The predicted octanol–water partition coefficient (Wildman–Crippen LogP) is 4.01. The van der Waals surface area contributed by atoms with Crippen LogP contribution < -0.4 is 10.1 Å². The summed E-state index contributed by atoms with van der Waals surface area (Å²) in [6.07, 6.45) is 0. The van der Waals surface area contributed by atoms with Crippen molar-refractivity contribution in [3.05, 3.63) is 65.2 Å². The molecule has 156 valence electrons. The number of rotatable bonds is 7. The third-order valence-corrected chi connectivity index (χ3v) is 4.62. The summed E-state index contributed by atoms with van der Waals surface area (Å²) in [4.78, 5) is 27.4. The Balaban J connectivity index is 2.19. The average molecular weight is 397 g/mol. The molecule has 0 fully saturated rings. The first kappa shape index (κ1) is 22.5. The summed E-state index contributed by atoms with van der Waals surface area (Å²) in [6, 6.07) is 14.8. The molecule has 0 aliphatic heterocycles. The molecular weight excluding hydrogens is 364 g/mol. The maximum Gasteiger partial charge on any atom is 0.261 e. The number of carbonyl (C=O) groups excluding carboxylic acids is 2. The van der Waals surface area contributed by atoms with Gasteiger partial charge in [0.15, 0.2) is 6.61 Å². The lowest BCUT2D eigenvalue weighted by atomic mass is 10.1. The normalized spacial score (nSPS) is 12.2. The molecule has 1 atom stereocenters. The fraction of sp³-hybridized carbons (Fsp3) is 0.417. The van der Waals surface area contributed by atoms with Gasteiger partial charge in [-0.15, -0.1) is 0 Å². The van der Waals surface area contributed by atoms with E-state index in [9.17, 15) is 9.59 Å². The number of benzene rings is 2. The van der Waals surface area contributed by atoms with Crippen molar-refractivity contribution in [2.24, 2.45) is 0 Å². The Hall–Kier alpha value is -2.82. The molecule has 0 heterocycles. The third-order valence-electron chi connectivity index (χ3n) is 4.62. The van der Waals surface area contributed by atoms with E-state index in [0.717, 1.165) is 16.7 Å². The van der Waals surface area contributed by atoms with Gasteiger partial charge in [0.25, 0.3) is 5.91 Å². The van der Waals surface area contributed by atoms with Gasteiger partial charge in [-0.2, -0.15) is 0 Å². The zero-order valence-electron chi connectivity index (χ0n) is 18.3. The molecule has 5 heteroatoms. The molecule has 0 aliphatic carbocycles. The first-order chi connectivity index (χ1) is 13.6. The van der Waals surface area contributed by atoms with Crippen molar-refractivity contribution in [2.45, 2.75) is 59.7 Å². The number of aryl methyl sites for hydroxylation is 2. The van der Waals surface area contributed by atoms with Crippen molar-refractivity contribution in [3.63, 3.8) is 0 Å². The van der Waals surface area contributed by atoms with Gasteiger partial charge in [-0.1, -0.05) is 36.4 Å². The van der Waals surface area contributed by atoms with E-state index < -0.39 is 6.04 Å². The number of hydrogen-bond acceptors (Lipinski definition) is 3. The monoisotopic (exact) mass is 396 g/mol. The highest BCUT2D eigenvalue weighted by atomic mass is 16.5. The fourth-order valence-corrected chi connectivity index (χ4v) is 2.96. The number of amides is 2. The van der Waals surface area contributed by atoms with Crippen LogP contribution in [0.5, 0.6) is 5.75 Å². The quantitative estimate of drug-likeness (QED) is 0.769. The van der Waals surface area contributed by atoms with Crippen molar-refractivity contribution in [1.29, 1.82) is 0 Å². The largest absolute Gasteiger partial charge is 0.484 e. The molecule has 2 rings (SSSR count). The molecule has 0 saturated heterocycles. The van der Waals surface area contributed by atoms with Crippen LogP contribution in [0, 0.1) is 13.8 Å². The molecule has 5 nitrogen and oxygen atoms in total. The topological polar surface area (TPSA) is 58.6 Å². The van der Waals surface area contributed by atoms with Crippen molar-refractivity contribution in [2.75, 3.05) is 6.61 Å². The lowest BCUT2D eigenvalue weighted by Crippen LogP contribution is -2.53. The van der Waals surface area contributed by atoms with Gasteiger partial charge < -0.3 is 15.0 Å². The molecule has 0 saturated carbocycles. The highest BCUT2D eigenvalue weighted by Gasteiger charge is 2.28. The maximum atomic E-state index is 13.0. The predicted molar refractivity (Wildman–Crippen MR) is 116 cm³/mol. The second kappa shape index (κ2) is 9.59. The molecule has 1 N–H and O–H groups in total. The minimum Gasteiger partial charge on any atom is -0.484 e. The third kappa shape index (κ3) is 6.93. The molecule has 2 amide bonds. The Morgan fingerprint density at radius 1 is 1.07 bits per heavy atom. The van der Waals surface area contributed by atoms with Gasteiger partial charge in [0.1, 0.15) is 11.8 Å². The molecule has 0 bridgehead atoms. The Morgan fingerprint density at radius 2 is 1.76 bits per heavy atom. The van der Waals surface area contributed by atoms with E-state index in [1.54, 1.807) is 11.8 Å². The summed E-state index contributed by atoms with van der Waals surface area (Å²) in [6.45, 7) is 11.7. The fourth-order valence-electron chi connectivity index (χ4n) is 2.96. The second-order valence-electron chi connectivity index (χ2n) is 8.47. The van der Waals surface area contributed by atoms with E-state index in [2.05, 4.69) is 5.32 Å². The van der Waals surface area contributed by atoms with Gasteiger partial charge in [0.05, 0.1) is 0 Å². The van der Waals surface area contributed by atoms with E-state index >= 15 is 0 Å². The first-order valence-corrected chi connectivity index (χ1v) is 9.92. The van der Waals surface area contributed by atoms with Crippen LogP contribution in [0.25, 0.3) is 0 Å². The lowest BCUT2D eigenvalue weighted by Gasteiger charge is -2.31. The van der Waals surface area contributed by atoms with Crippen LogP contribution >= 0.6 is 0 Å². The van der Waals surface area contributed by atoms with Gasteiger partial charge in [-0.25, -0.2) is 0 Å². The molecule has 2 aromatic rings. The summed E-state index contributed by atoms with van der Waals surface area (Å²) < 4.78 is 5.71. The number of carbonyl (C=O) groups is 2. The minimum atomic E-state index is -0.623. The standard InChI is InChI=1S/C24H32N2O3/c1-17-10-9-13-21(14-17)29-16-22(27)26(15-20-12-8-7-11-18(20)2)19(3)23(28)25-24(4,5)6/h7-14,19H,15-16H2,1-6H3,(H,25,28)/t19-/m1/s1. The number of nitrogens with zero attached hydrogens (tertiary/aromatic N) is 1. The van der Waals surface area contributed by atoms with Crippen LogP contribution in [0.4, 0.5) is 0 Å². The Bertz CT molecular complexity index is 855. The molecule has 2 aromatic carbocycles. The average Bonchev–Trinajstić information content (AvgIpc) is 2.63. The molecule has 0 aliphatic rings. The van der Waals surface area contributed by atoms with Gasteiger partial charge >= 0.3 is 0 Å². The van der Waals surface area contributed by atoms with Gasteiger partial charge in [-0.05, 0) is 70.4 Å². The van der Waals surface area contributed by atoms with Gasteiger partial charge in [0, 0.05) is 12.1 Å². The molecule has 0 spiro atoms. The van der Waals surface area contributed by atoms with Crippen LogP contribution in [0.2, 0.25) is 0 Å². The SMILES string of the molecule is Cc1cccc(OCC(=O)N(Cc2ccccc2C)[C@H](C)C(=O)NC(C)(C)C)c1. The van der Waals surface area contributed by atoms with Crippen LogP contribution in [-0.4, -0.2) is 34.9 Å². The van der Waals surface area contributed by atoms with Crippen LogP contribution in [0.3, 0.4) is 0 Å². The Kier molecular flexibility index (Phi) is 7.43. The van der Waals surface area contributed by atoms with Crippen molar-refractivity contribution in [1.82, 2.24) is 10.2 Å². The zero-order chi connectivity index (χ0) is 21.6. The van der Waals surface area contributed by atoms with Crippen LogP contribution in [0.1, 0.15) is 44.4 Å². The van der Waals surface area contributed by atoms with E-state index in [1.807, 2.05) is 83.1 Å². The summed E-state index contributed by atoms with van der Waals surface area (Å²) in [5.41, 5.74) is 2.77. The lowest BCUT2D eigenvalue weighted by molar-refractivity contribution is -0.142. The highest BCUT2D eigenvalue weighted by Crippen LogP contribution is 2.16.